The predicted octanol–water partition coefficient (Wildman–Crippen LogP) is 4.02. The van der Waals surface area contributed by atoms with Gasteiger partial charge < -0.3 is 4.98 Å². The molecule has 1 aliphatic rings. The van der Waals surface area contributed by atoms with E-state index in [1.54, 1.807) is 0 Å². The Morgan fingerprint density at radius 3 is 2.96 bits per heavy atom. The maximum Gasteiger partial charge on any atom is 0.258 e. The highest BCUT2D eigenvalue weighted by atomic mass is 79.9. The van der Waals surface area contributed by atoms with E-state index in [1.807, 2.05) is 30.3 Å². The van der Waals surface area contributed by atoms with Crippen LogP contribution in [0.3, 0.4) is 0 Å². The van der Waals surface area contributed by atoms with Crippen molar-refractivity contribution in [3.8, 4) is 0 Å². The molecule has 2 heterocycles. The summed E-state index contributed by atoms with van der Waals surface area (Å²) in [5.74, 6) is 0.737. The van der Waals surface area contributed by atoms with Crippen LogP contribution < -0.4 is 5.56 Å². The van der Waals surface area contributed by atoms with Crippen LogP contribution in [0.2, 0.25) is 0 Å². The van der Waals surface area contributed by atoms with E-state index < -0.39 is 0 Å². The zero-order chi connectivity index (χ0) is 16.5. The van der Waals surface area contributed by atoms with E-state index in [-0.39, 0.29) is 5.56 Å². The minimum atomic E-state index is -0.0613. The molecule has 0 saturated carbocycles. The van der Waals surface area contributed by atoms with Crippen molar-refractivity contribution in [2.24, 2.45) is 0 Å². The number of H-pyrrole nitrogens is 1. The molecular weight excluding hydrogens is 366 g/mol. The topological polar surface area (TPSA) is 49.0 Å². The van der Waals surface area contributed by atoms with E-state index in [9.17, 15) is 4.79 Å². The predicted molar refractivity (Wildman–Crippen MR) is 98.9 cm³/mol. The van der Waals surface area contributed by atoms with Crippen molar-refractivity contribution >= 4 is 26.8 Å². The summed E-state index contributed by atoms with van der Waals surface area (Å²) in [7, 11) is 0. The molecule has 4 nitrogen and oxygen atoms in total. The summed E-state index contributed by atoms with van der Waals surface area (Å²) < 4.78 is 1.10. The fraction of sp³-hybridized carbons (Fsp3) is 0.263. The Morgan fingerprint density at radius 2 is 2.08 bits per heavy atom. The largest absolute Gasteiger partial charge is 0.309 e. The lowest BCUT2D eigenvalue weighted by molar-refractivity contribution is 0.242. The highest BCUT2D eigenvalue weighted by Crippen LogP contribution is 2.33. The fourth-order valence-corrected chi connectivity index (χ4v) is 3.93. The van der Waals surface area contributed by atoms with Crippen molar-refractivity contribution in [1.82, 2.24) is 14.9 Å². The Morgan fingerprint density at radius 1 is 1.21 bits per heavy atom. The number of nitrogens with zero attached hydrogens (tertiary/aromatic N) is 2. The van der Waals surface area contributed by atoms with Gasteiger partial charge in [-0.3, -0.25) is 9.69 Å². The van der Waals surface area contributed by atoms with E-state index in [0.717, 1.165) is 35.2 Å². The standard InChI is InChI=1S/C19H18BrN3O/c20-14-6-3-5-13(11-14)17-9-4-10-23(17)12-18-21-16-8-2-1-7-15(16)19(24)22-18/h1-3,5-8,11,17H,4,9-10,12H2,(H,21,22,24)/t17-/m0/s1. The zero-order valence-electron chi connectivity index (χ0n) is 13.2. The molecule has 1 saturated heterocycles. The Labute approximate surface area is 148 Å². The van der Waals surface area contributed by atoms with Gasteiger partial charge in [-0.1, -0.05) is 40.2 Å². The summed E-state index contributed by atoms with van der Waals surface area (Å²) in [6.45, 7) is 1.69. The molecule has 1 aliphatic heterocycles. The van der Waals surface area contributed by atoms with Crippen LogP contribution in [0.25, 0.3) is 10.9 Å². The Kier molecular flexibility index (Phi) is 4.21. The third kappa shape index (κ3) is 3.01. The van der Waals surface area contributed by atoms with Gasteiger partial charge in [-0.2, -0.15) is 0 Å². The molecule has 0 unspecified atom stereocenters. The first-order valence-electron chi connectivity index (χ1n) is 8.18. The molecule has 1 N–H and O–H groups in total. The summed E-state index contributed by atoms with van der Waals surface area (Å²) in [4.78, 5) is 22.2. The summed E-state index contributed by atoms with van der Waals surface area (Å²) in [5.41, 5.74) is 2.01. The molecule has 0 aliphatic carbocycles. The minimum Gasteiger partial charge on any atom is -0.309 e. The number of aromatic amines is 1. The van der Waals surface area contributed by atoms with Crippen LogP contribution in [0.5, 0.6) is 0 Å². The van der Waals surface area contributed by atoms with Crippen LogP contribution in [0.1, 0.15) is 30.3 Å². The number of aromatic nitrogens is 2. The number of likely N-dealkylation sites (tertiary alicyclic amines) is 1. The van der Waals surface area contributed by atoms with Crippen LogP contribution in [0.4, 0.5) is 0 Å². The Bertz CT molecular complexity index is 937. The van der Waals surface area contributed by atoms with Crippen molar-refractivity contribution in [3.63, 3.8) is 0 Å². The maximum atomic E-state index is 12.2. The van der Waals surface area contributed by atoms with Gasteiger partial charge in [-0.05, 0) is 49.2 Å². The molecule has 0 radical (unpaired) electrons. The van der Waals surface area contributed by atoms with E-state index in [4.69, 9.17) is 0 Å². The average molecular weight is 384 g/mol. The number of hydrogen-bond donors (Lipinski definition) is 1. The number of nitrogens with one attached hydrogen (secondary N) is 1. The molecule has 4 rings (SSSR count). The van der Waals surface area contributed by atoms with Gasteiger partial charge in [0.1, 0.15) is 5.82 Å². The summed E-state index contributed by atoms with van der Waals surface area (Å²) in [5, 5.41) is 0.645. The molecule has 0 amide bonds. The van der Waals surface area contributed by atoms with Crippen molar-refractivity contribution < 1.29 is 0 Å². The summed E-state index contributed by atoms with van der Waals surface area (Å²) in [6.07, 6.45) is 2.29. The number of rotatable bonds is 3. The van der Waals surface area contributed by atoms with Crippen molar-refractivity contribution in [3.05, 3.63) is 74.7 Å². The minimum absolute atomic E-state index is 0.0613. The van der Waals surface area contributed by atoms with Crippen LogP contribution in [0.15, 0.2) is 57.8 Å². The Balaban J connectivity index is 1.63. The molecular formula is C19H18BrN3O. The van der Waals surface area contributed by atoms with Crippen LogP contribution in [0, 0.1) is 0 Å². The third-order valence-corrected chi connectivity index (χ3v) is 5.11. The zero-order valence-corrected chi connectivity index (χ0v) is 14.8. The van der Waals surface area contributed by atoms with Gasteiger partial charge in [0.25, 0.3) is 5.56 Å². The van der Waals surface area contributed by atoms with Gasteiger partial charge in [0.2, 0.25) is 0 Å². The average Bonchev–Trinajstić information content (AvgIpc) is 3.03. The van der Waals surface area contributed by atoms with Gasteiger partial charge in [0.05, 0.1) is 17.4 Å². The van der Waals surface area contributed by atoms with Gasteiger partial charge in [0, 0.05) is 10.5 Å². The van der Waals surface area contributed by atoms with Gasteiger partial charge in [-0.15, -0.1) is 0 Å². The van der Waals surface area contributed by atoms with Crippen molar-refractivity contribution in [1.29, 1.82) is 0 Å². The third-order valence-electron chi connectivity index (χ3n) is 4.61. The molecule has 24 heavy (non-hydrogen) atoms. The number of benzene rings is 2. The number of halogens is 1. The number of fused-ring (bicyclic) bond motifs is 1. The first-order valence-corrected chi connectivity index (χ1v) is 8.97. The second-order valence-corrected chi connectivity index (χ2v) is 7.13. The van der Waals surface area contributed by atoms with Crippen LogP contribution in [-0.4, -0.2) is 21.4 Å². The summed E-state index contributed by atoms with van der Waals surface area (Å²) in [6, 6.07) is 16.3. The number of hydrogen-bond acceptors (Lipinski definition) is 3. The number of para-hydroxylation sites is 1. The maximum absolute atomic E-state index is 12.2. The first kappa shape index (κ1) is 15.5. The molecule has 3 aromatic rings. The van der Waals surface area contributed by atoms with Crippen molar-refractivity contribution in [2.75, 3.05) is 6.54 Å². The van der Waals surface area contributed by atoms with E-state index in [0.29, 0.717) is 18.0 Å². The quantitative estimate of drug-likeness (QED) is 0.742. The molecule has 0 spiro atoms. The SMILES string of the molecule is O=c1[nH]c(CN2CCC[C@H]2c2cccc(Br)c2)nc2ccccc12. The molecule has 2 aromatic carbocycles. The second kappa shape index (κ2) is 6.49. The highest BCUT2D eigenvalue weighted by molar-refractivity contribution is 9.10. The lowest BCUT2D eigenvalue weighted by Crippen LogP contribution is -2.25. The molecule has 1 aromatic heterocycles. The smallest absolute Gasteiger partial charge is 0.258 e. The highest BCUT2D eigenvalue weighted by Gasteiger charge is 2.26. The van der Waals surface area contributed by atoms with Crippen LogP contribution >= 0.6 is 15.9 Å². The second-order valence-electron chi connectivity index (χ2n) is 6.21. The fourth-order valence-electron chi connectivity index (χ4n) is 3.51. The lowest BCUT2D eigenvalue weighted by atomic mass is 10.0. The Hall–Kier alpha value is -1.98. The van der Waals surface area contributed by atoms with Crippen LogP contribution in [-0.2, 0) is 6.54 Å². The molecule has 5 heteroatoms. The molecule has 122 valence electrons. The first-order chi connectivity index (χ1) is 11.7. The van der Waals surface area contributed by atoms with Gasteiger partial charge >= 0.3 is 0 Å². The summed E-state index contributed by atoms with van der Waals surface area (Å²) >= 11 is 3.55. The normalized spacial score (nSPS) is 18.3. The molecule has 1 fully saturated rings. The molecule has 1 atom stereocenters. The van der Waals surface area contributed by atoms with E-state index >= 15 is 0 Å². The van der Waals surface area contributed by atoms with E-state index in [2.05, 4.69) is 49.0 Å². The van der Waals surface area contributed by atoms with Gasteiger partial charge in [-0.25, -0.2) is 4.98 Å². The molecule has 0 bridgehead atoms. The van der Waals surface area contributed by atoms with Crippen molar-refractivity contribution in [2.45, 2.75) is 25.4 Å². The monoisotopic (exact) mass is 383 g/mol. The van der Waals surface area contributed by atoms with Gasteiger partial charge in [0.15, 0.2) is 0 Å². The lowest BCUT2D eigenvalue weighted by Gasteiger charge is -2.24. The van der Waals surface area contributed by atoms with E-state index in [1.165, 1.54) is 5.56 Å².